The predicted molar refractivity (Wildman–Crippen MR) is 213 cm³/mol. The molecule has 2 aliphatic rings. The van der Waals surface area contributed by atoms with Crippen LogP contribution in [0.5, 0.6) is 0 Å². The average molecular weight is 644 g/mol. The maximum absolute atomic E-state index is 5.29. The second kappa shape index (κ2) is 9.70. The topological polar surface area (TPSA) is 12.9 Å². The molecule has 0 bridgehead atoms. The van der Waals surface area contributed by atoms with Crippen molar-refractivity contribution in [1.29, 1.82) is 0 Å². The predicted octanol–water partition coefficient (Wildman–Crippen LogP) is 13.2. The molecule has 0 saturated carbocycles. The normalized spacial score (nSPS) is 15.4. The molecule has 1 heteroatoms. The fourth-order valence-corrected chi connectivity index (χ4v) is 9.31. The van der Waals surface area contributed by atoms with Gasteiger partial charge in [0.2, 0.25) is 0 Å². The van der Waals surface area contributed by atoms with Gasteiger partial charge in [-0.3, -0.25) is 0 Å². The molecule has 0 aliphatic heterocycles. The fraction of sp³-hybridized carbons (Fsp3) is 0.204. The Bertz CT molecular complexity index is 2710. The van der Waals surface area contributed by atoms with Crippen LogP contribution in [0.3, 0.4) is 0 Å². The molecule has 0 unspecified atom stereocenters. The van der Waals surface area contributed by atoms with Crippen LogP contribution in [0.1, 0.15) is 76.3 Å². The molecule has 242 valence electrons. The van der Waals surface area contributed by atoms with E-state index < -0.39 is 0 Å². The lowest BCUT2D eigenvalue weighted by Gasteiger charge is -2.24. The van der Waals surface area contributed by atoms with Gasteiger partial charge in [-0.1, -0.05) is 139 Å². The molecular formula is C49H41N. The minimum Gasteiger partial charge on any atom is -0.248 e. The third kappa shape index (κ3) is 3.92. The Labute approximate surface area is 295 Å². The van der Waals surface area contributed by atoms with Crippen LogP contribution in [-0.2, 0) is 16.2 Å². The molecule has 7 aromatic carbocycles. The van der Waals surface area contributed by atoms with Crippen molar-refractivity contribution >= 4 is 32.3 Å². The SMILES string of the molecule is CC(C)(C)c1cc2ccc3cc4c(c5ccc(c1)c2c35)-c1ccc(-c2cccc(-c3ccc5c(c3)C(C)(C)c3ccccc3-5)n2)cc1C4(C)C. The first-order valence-corrected chi connectivity index (χ1v) is 18.0. The minimum absolute atomic E-state index is 0.0390. The van der Waals surface area contributed by atoms with E-state index in [-0.39, 0.29) is 16.2 Å². The van der Waals surface area contributed by atoms with Crippen LogP contribution >= 0.6 is 0 Å². The summed E-state index contributed by atoms with van der Waals surface area (Å²) in [6, 6.07) is 46.0. The monoisotopic (exact) mass is 643 g/mol. The number of nitrogens with zero attached hydrogens (tertiary/aromatic N) is 1. The summed E-state index contributed by atoms with van der Waals surface area (Å²) < 4.78 is 0. The van der Waals surface area contributed by atoms with Gasteiger partial charge in [0.05, 0.1) is 11.4 Å². The molecule has 0 spiro atoms. The van der Waals surface area contributed by atoms with E-state index in [4.69, 9.17) is 4.98 Å². The van der Waals surface area contributed by atoms with Gasteiger partial charge in [0.1, 0.15) is 0 Å². The molecule has 1 nitrogen and oxygen atoms in total. The highest BCUT2D eigenvalue weighted by Gasteiger charge is 2.38. The zero-order valence-electron chi connectivity index (χ0n) is 30.0. The number of rotatable bonds is 2. The van der Waals surface area contributed by atoms with Crippen LogP contribution in [0.4, 0.5) is 0 Å². The van der Waals surface area contributed by atoms with Gasteiger partial charge in [-0.05, 0) is 118 Å². The largest absolute Gasteiger partial charge is 0.248 e. The molecule has 10 rings (SSSR count). The van der Waals surface area contributed by atoms with Gasteiger partial charge >= 0.3 is 0 Å². The van der Waals surface area contributed by atoms with Crippen molar-refractivity contribution in [3.8, 4) is 44.8 Å². The summed E-state index contributed by atoms with van der Waals surface area (Å²) in [5.41, 5.74) is 16.7. The Hall–Kier alpha value is -5.27. The molecular weight excluding hydrogens is 603 g/mol. The summed E-state index contributed by atoms with van der Waals surface area (Å²) in [6.07, 6.45) is 0. The number of fused-ring (bicyclic) bond motifs is 7. The van der Waals surface area contributed by atoms with Crippen LogP contribution < -0.4 is 0 Å². The first kappa shape index (κ1) is 29.6. The lowest BCUT2D eigenvalue weighted by molar-refractivity contribution is 0.591. The second-order valence-corrected chi connectivity index (χ2v) is 16.8. The smallest absolute Gasteiger partial charge is 0.0709 e. The van der Waals surface area contributed by atoms with Crippen molar-refractivity contribution in [2.75, 3.05) is 0 Å². The second-order valence-electron chi connectivity index (χ2n) is 16.8. The van der Waals surface area contributed by atoms with E-state index >= 15 is 0 Å². The number of hydrogen-bond acceptors (Lipinski definition) is 1. The zero-order valence-corrected chi connectivity index (χ0v) is 30.0. The van der Waals surface area contributed by atoms with E-state index in [0.29, 0.717) is 0 Å². The van der Waals surface area contributed by atoms with Gasteiger partial charge in [-0.15, -0.1) is 0 Å². The summed E-state index contributed by atoms with van der Waals surface area (Å²) >= 11 is 0. The quantitative estimate of drug-likeness (QED) is 0.171. The third-order valence-corrected chi connectivity index (χ3v) is 12.1. The Morgan fingerprint density at radius 2 is 1.02 bits per heavy atom. The number of benzene rings is 7. The highest BCUT2D eigenvalue weighted by molar-refractivity contribution is 6.26. The van der Waals surface area contributed by atoms with Crippen molar-refractivity contribution in [3.05, 3.63) is 149 Å². The Kier molecular flexibility index (Phi) is 5.75. The number of pyridine rings is 1. The summed E-state index contributed by atoms with van der Waals surface area (Å²) in [5, 5.41) is 8.14. The van der Waals surface area contributed by atoms with Gasteiger partial charge in [0.25, 0.3) is 0 Å². The molecule has 8 aromatic rings. The summed E-state index contributed by atoms with van der Waals surface area (Å²) in [7, 11) is 0. The van der Waals surface area contributed by atoms with E-state index in [1.54, 1.807) is 0 Å². The summed E-state index contributed by atoms with van der Waals surface area (Å²) in [6.45, 7) is 16.4. The van der Waals surface area contributed by atoms with Gasteiger partial charge < -0.3 is 0 Å². The maximum Gasteiger partial charge on any atom is 0.0709 e. The average Bonchev–Trinajstić information content (AvgIpc) is 3.48. The van der Waals surface area contributed by atoms with Gasteiger partial charge in [-0.2, -0.15) is 0 Å². The minimum atomic E-state index is -0.136. The molecule has 2 aliphatic carbocycles. The third-order valence-electron chi connectivity index (χ3n) is 12.1. The molecule has 0 N–H and O–H groups in total. The molecule has 0 radical (unpaired) electrons. The van der Waals surface area contributed by atoms with Gasteiger partial charge in [0, 0.05) is 22.0 Å². The van der Waals surface area contributed by atoms with Crippen LogP contribution in [-0.4, -0.2) is 4.98 Å². The van der Waals surface area contributed by atoms with E-state index in [2.05, 4.69) is 170 Å². The van der Waals surface area contributed by atoms with E-state index in [1.165, 1.54) is 88.0 Å². The summed E-state index contributed by atoms with van der Waals surface area (Å²) in [4.78, 5) is 5.29. The molecule has 50 heavy (non-hydrogen) atoms. The van der Waals surface area contributed by atoms with Crippen molar-refractivity contribution in [3.63, 3.8) is 0 Å². The molecule has 0 atom stereocenters. The molecule has 1 heterocycles. The standard InChI is InChI=1S/C49H41N/c1-47(2,3)33-23-30-15-16-32-27-41-46(37-22-19-31(24-33)44(30)45(32)37)36-21-18-29(26-40(36)49(41,6)7)43-14-10-13-42(50-43)28-17-20-35-34-11-8-9-12-38(34)48(4,5)39(35)25-28/h8-27H,1-7H3. The zero-order chi connectivity index (χ0) is 34.3. The van der Waals surface area contributed by atoms with Crippen LogP contribution in [0.2, 0.25) is 0 Å². The lowest BCUT2D eigenvalue weighted by Crippen LogP contribution is -2.15. The number of hydrogen-bond donors (Lipinski definition) is 0. The lowest BCUT2D eigenvalue weighted by atomic mass is 9.79. The molecule has 0 amide bonds. The van der Waals surface area contributed by atoms with Crippen molar-refractivity contribution < 1.29 is 0 Å². The van der Waals surface area contributed by atoms with Crippen molar-refractivity contribution in [1.82, 2.24) is 4.98 Å². The van der Waals surface area contributed by atoms with Gasteiger partial charge in [0.15, 0.2) is 0 Å². The fourth-order valence-electron chi connectivity index (χ4n) is 9.31. The van der Waals surface area contributed by atoms with Crippen molar-refractivity contribution in [2.24, 2.45) is 0 Å². The Balaban J connectivity index is 1.09. The van der Waals surface area contributed by atoms with Crippen molar-refractivity contribution in [2.45, 2.75) is 64.7 Å². The van der Waals surface area contributed by atoms with Gasteiger partial charge in [-0.25, -0.2) is 4.98 Å². The highest BCUT2D eigenvalue weighted by atomic mass is 14.7. The first-order chi connectivity index (χ1) is 23.9. The number of aromatic nitrogens is 1. The van der Waals surface area contributed by atoms with Crippen LogP contribution in [0.25, 0.3) is 77.1 Å². The van der Waals surface area contributed by atoms with Crippen LogP contribution in [0.15, 0.2) is 121 Å². The molecule has 0 fully saturated rings. The maximum atomic E-state index is 5.29. The van der Waals surface area contributed by atoms with E-state index in [1.807, 2.05) is 0 Å². The summed E-state index contributed by atoms with van der Waals surface area (Å²) in [5.74, 6) is 0. The van der Waals surface area contributed by atoms with E-state index in [9.17, 15) is 0 Å². The van der Waals surface area contributed by atoms with E-state index in [0.717, 1.165) is 17.0 Å². The van der Waals surface area contributed by atoms with Crippen LogP contribution in [0, 0.1) is 0 Å². The molecule has 0 saturated heterocycles. The highest BCUT2D eigenvalue weighted by Crippen LogP contribution is 2.55. The molecule has 1 aromatic heterocycles. The Morgan fingerprint density at radius 3 is 1.70 bits per heavy atom. The first-order valence-electron chi connectivity index (χ1n) is 18.0. The Morgan fingerprint density at radius 1 is 0.460 bits per heavy atom.